The smallest absolute Gasteiger partial charge is 0.362 e. The number of hydrogen-bond donors (Lipinski definition) is 1. The van der Waals surface area contributed by atoms with Gasteiger partial charge in [0.05, 0.1) is 5.02 Å². The molecule has 3 rings (SSSR count). The molecule has 22 heavy (non-hydrogen) atoms. The summed E-state index contributed by atoms with van der Waals surface area (Å²) in [5, 5.41) is 13.8. The molecule has 0 saturated heterocycles. The lowest BCUT2D eigenvalue weighted by Crippen LogP contribution is -2.56. The molecule has 1 aromatic heterocycles. The lowest BCUT2D eigenvalue weighted by Gasteiger charge is -2.32. The van der Waals surface area contributed by atoms with Crippen molar-refractivity contribution in [3.63, 3.8) is 0 Å². The highest BCUT2D eigenvalue weighted by Gasteiger charge is 2.61. The molecule has 1 aliphatic rings. The monoisotopic (exact) mass is 348 g/mol. The van der Waals surface area contributed by atoms with Gasteiger partial charge in [-0.25, -0.2) is 0 Å². The van der Waals surface area contributed by atoms with Crippen molar-refractivity contribution in [2.45, 2.75) is 18.3 Å². The number of aliphatic hydroxyl groups is 1. The molecule has 1 atom stereocenters. The molecule has 4 nitrogen and oxygen atoms in total. The first kappa shape index (κ1) is 15.3. The summed E-state index contributed by atoms with van der Waals surface area (Å²) in [6, 6.07) is 6.79. The molecule has 1 aliphatic heterocycles. The molecule has 1 N–H and O–H groups in total. The van der Waals surface area contributed by atoms with Gasteiger partial charge in [0, 0.05) is 22.7 Å². The Morgan fingerprint density at radius 3 is 2.73 bits per heavy atom. The van der Waals surface area contributed by atoms with Crippen LogP contribution < -0.4 is 0 Å². The maximum atomic E-state index is 13.0. The van der Waals surface area contributed by atoms with Crippen molar-refractivity contribution in [1.82, 2.24) is 5.01 Å². The van der Waals surface area contributed by atoms with Crippen LogP contribution in [-0.4, -0.2) is 34.1 Å². The Bertz CT molecular complexity index is 789. The van der Waals surface area contributed by atoms with Crippen LogP contribution >= 0.6 is 22.9 Å². The largest absolute Gasteiger partial charge is 0.438 e. The third-order valence-corrected chi connectivity index (χ3v) is 4.96. The summed E-state index contributed by atoms with van der Waals surface area (Å²) in [6.45, 7) is 0. The summed E-state index contributed by atoms with van der Waals surface area (Å²) < 4.78 is 39.7. The van der Waals surface area contributed by atoms with Crippen LogP contribution in [0, 0.1) is 0 Å². The van der Waals surface area contributed by atoms with Crippen molar-refractivity contribution in [3.8, 4) is 0 Å². The van der Waals surface area contributed by atoms with Gasteiger partial charge in [0.15, 0.2) is 0 Å². The average molecular weight is 349 g/mol. The van der Waals surface area contributed by atoms with Gasteiger partial charge in [-0.15, -0.1) is 11.3 Å². The SMILES string of the molecule is O=C(c1sc2ccccc2c1Cl)N1N=CC[C@]1(O)C(F)(F)F. The van der Waals surface area contributed by atoms with Gasteiger partial charge in [0.2, 0.25) is 0 Å². The number of carbonyl (C=O) groups is 1. The summed E-state index contributed by atoms with van der Waals surface area (Å²) >= 11 is 7.04. The number of amides is 1. The van der Waals surface area contributed by atoms with Gasteiger partial charge in [0.1, 0.15) is 4.88 Å². The van der Waals surface area contributed by atoms with E-state index in [1.165, 1.54) is 0 Å². The van der Waals surface area contributed by atoms with Crippen molar-refractivity contribution >= 4 is 45.1 Å². The molecule has 0 bridgehead atoms. The second-order valence-corrected chi connectivity index (χ2v) is 6.10. The van der Waals surface area contributed by atoms with E-state index in [0.717, 1.165) is 17.6 Å². The quantitative estimate of drug-likeness (QED) is 0.855. The van der Waals surface area contributed by atoms with E-state index in [9.17, 15) is 23.1 Å². The molecular formula is C13H8ClF3N2O2S. The zero-order chi connectivity index (χ0) is 16.1. The first-order valence-corrected chi connectivity index (χ1v) is 7.28. The van der Waals surface area contributed by atoms with Gasteiger partial charge in [-0.1, -0.05) is 29.8 Å². The van der Waals surface area contributed by atoms with Crippen molar-refractivity contribution < 1.29 is 23.1 Å². The fourth-order valence-electron chi connectivity index (χ4n) is 2.14. The Hall–Kier alpha value is -1.64. The van der Waals surface area contributed by atoms with Crippen LogP contribution in [0.15, 0.2) is 29.4 Å². The van der Waals surface area contributed by atoms with Crippen molar-refractivity contribution in [2.24, 2.45) is 5.10 Å². The molecular weight excluding hydrogens is 341 g/mol. The number of rotatable bonds is 1. The lowest BCUT2D eigenvalue weighted by molar-refractivity contribution is -0.297. The zero-order valence-electron chi connectivity index (χ0n) is 10.8. The first-order valence-electron chi connectivity index (χ1n) is 6.09. The highest BCUT2D eigenvalue weighted by atomic mass is 35.5. The Labute approximate surface area is 131 Å². The number of thiophene rings is 1. The van der Waals surface area contributed by atoms with Crippen LogP contribution in [0.3, 0.4) is 0 Å². The minimum Gasteiger partial charge on any atom is -0.362 e. The molecule has 0 unspecified atom stereocenters. The Morgan fingerprint density at radius 1 is 1.41 bits per heavy atom. The molecule has 2 heterocycles. The second kappa shape index (κ2) is 4.94. The normalized spacial score (nSPS) is 21.8. The van der Waals surface area contributed by atoms with E-state index in [1.807, 2.05) is 0 Å². The van der Waals surface area contributed by atoms with Crippen LogP contribution in [0.1, 0.15) is 16.1 Å². The predicted octanol–water partition coefficient (Wildman–Crippen LogP) is 3.64. The zero-order valence-corrected chi connectivity index (χ0v) is 12.3. The Kier molecular flexibility index (Phi) is 3.42. The summed E-state index contributed by atoms with van der Waals surface area (Å²) in [5.74, 6) is -1.08. The van der Waals surface area contributed by atoms with E-state index in [1.54, 1.807) is 24.3 Å². The van der Waals surface area contributed by atoms with Gasteiger partial charge < -0.3 is 5.11 Å². The number of alkyl halides is 3. The summed E-state index contributed by atoms with van der Waals surface area (Å²) in [6.07, 6.45) is -4.99. The summed E-state index contributed by atoms with van der Waals surface area (Å²) in [5.41, 5.74) is -3.34. The molecule has 116 valence electrons. The van der Waals surface area contributed by atoms with E-state index in [2.05, 4.69) is 5.10 Å². The van der Waals surface area contributed by atoms with Gasteiger partial charge >= 0.3 is 6.18 Å². The molecule has 0 spiro atoms. The maximum Gasteiger partial charge on any atom is 0.438 e. The van der Waals surface area contributed by atoms with Gasteiger partial charge in [0.25, 0.3) is 11.6 Å². The number of fused-ring (bicyclic) bond motifs is 1. The molecule has 2 aromatic rings. The Morgan fingerprint density at radius 2 is 2.09 bits per heavy atom. The van der Waals surface area contributed by atoms with Gasteiger partial charge in [-0.3, -0.25) is 4.79 Å². The maximum absolute atomic E-state index is 13.0. The predicted molar refractivity (Wildman–Crippen MR) is 77.1 cm³/mol. The van der Waals surface area contributed by atoms with Gasteiger partial charge in [-0.05, 0) is 6.07 Å². The minimum absolute atomic E-state index is 0.0452. The van der Waals surface area contributed by atoms with Crippen LogP contribution in [0.25, 0.3) is 10.1 Å². The van der Waals surface area contributed by atoms with Gasteiger partial charge in [-0.2, -0.15) is 23.3 Å². The fourth-order valence-corrected chi connectivity index (χ4v) is 3.57. The number of halogens is 4. The highest BCUT2D eigenvalue weighted by Crippen LogP contribution is 2.42. The molecule has 9 heteroatoms. The highest BCUT2D eigenvalue weighted by molar-refractivity contribution is 7.21. The van der Waals surface area contributed by atoms with E-state index in [-0.39, 0.29) is 14.9 Å². The summed E-state index contributed by atoms with van der Waals surface area (Å²) in [7, 11) is 0. The number of hydrogen-bond acceptors (Lipinski definition) is 4. The number of carbonyl (C=O) groups excluding carboxylic acids is 1. The number of hydrazone groups is 1. The first-order chi connectivity index (χ1) is 10.3. The fraction of sp³-hybridized carbons (Fsp3) is 0.231. The molecule has 1 amide bonds. The molecule has 0 saturated carbocycles. The van der Waals surface area contributed by atoms with Crippen LogP contribution in [-0.2, 0) is 0 Å². The minimum atomic E-state index is -5.03. The van der Waals surface area contributed by atoms with Crippen molar-refractivity contribution in [1.29, 1.82) is 0 Å². The average Bonchev–Trinajstić information content (AvgIpc) is 3.00. The van der Waals surface area contributed by atoms with E-state index in [0.29, 0.717) is 10.1 Å². The standard InChI is InChI=1S/C13H8ClF3N2O2S/c14-9-7-3-1-2-4-8(7)22-10(9)11(20)19-12(21,5-6-18-19)13(15,16)17/h1-4,6,21H,5H2/t12-/m0/s1. The lowest BCUT2D eigenvalue weighted by atomic mass is 10.1. The molecule has 0 radical (unpaired) electrons. The number of nitrogens with zero attached hydrogens (tertiary/aromatic N) is 2. The molecule has 0 fully saturated rings. The van der Waals surface area contributed by atoms with E-state index < -0.39 is 24.2 Å². The second-order valence-electron chi connectivity index (χ2n) is 4.67. The Balaban J connectivity index is 2.06. The van der Waals surface area contributed by atoms with Crippen LogP contribution in [0.4, 0.5) is 13.2 Å². The van der Waals surface area contributed by atoms with E-state index in [4.69, 9.17) is 11.6 Å². The number of benzene rings is 1. The third kappa shape index (κ3) is 2.10. The van der Waals surface area contributed by atoms with Crippen molar-refractivity contribution in [3.05, 3.63) is 34.2 Å². The topological polar surface area (TPSA) is 52.9 Å². The van der Waals surface area contributed by atoms with E-state index >= 15 is 0 Å². The molecule has 0 aliphatic carbocycles. The molecule has 1 aromatic carbocycles. The third-order valence-electron chi connectivity index (χ3n) is 3.30. The summed E-state index contributed by atoms with van der Waals surface area (Å²) in [4.78, 5) is 12.3. The van der Waals surface area contributed by atoms with Crippen LogP contribution in [0.5, 0.6) is 0 Å². The van der Waals surface area contributed by atoms with Crippen molar-refractivity contribution in [2.75, 3.05) is 0 Å². The van der Waals surface area contributed by atoms with Crippen LogP contribution in [0.2, 0.25) is 5.02 Å².